The van der Waals surface area contributed by atoms with Crippen LogP contribution >= 0.6 is 0 Å². The number of nitrogens with one attached hydrogen (secondary N) is 1. The van der Waals surface area contributed by atoms with E-state index in [1.807, 2.05) is 6.92 Å². The molecule has 1 heterocycles. The first-order valence-electron chi connectivity index (χ1n) is 6.47. The van der Waals surface area contributed by atoms with E-state index >= 15 is 0 Å². The van der Waals surface area contributed by atoms with Crippen LogP contribution in [-0.4, -0.2) is 52.9 Å². The molecule has 2 amide bonds. The topological polar surface area (TPSA) is 89.9 Å². The summed E-state index contributed by atoms with van der Waals surface area (Å²) in [6.07, 6.45) is 2.16. The van der Waals surface area contributed by atoms with Crippen LogP contribution in [0.2, 0.25) is 0 Å². The van der Waals surface area contributed by atoms with Gasteiger partial charge in [0.15, 0.2) is 0 Å². The van der Waals surface area contributed by atoms with Gasteiger partial charge in [0.05, 0.1) is 0 Å². The molecule has 0 bridgehead atoms. The SMILES string of the molecule is CCC1C(CO)CCN1C(=O)NCCCC(=O)O. The average Bonchev–Trinajstić information content (AvgIpc) is 2.76. The predicted octanol–water partition coefficient (Wildman–Crippen LogP) is 0.654. The maximum Gasteiger partial charge on any atom is 0.317 e. The monoisotopic (exact) mass is 258 g/mol. The maximum absolute atomic E-state index is 11.9. The summed E-state index contributed by atoms with van der Waals surface area (Å²) in [4.78, 5) is 24.0. The smallest absolute Gasteiger partial charge is 0.317 e. The highest BCUT2D eigenvalue weighted by Crippen LogP contribution is 2.26. The van der Waals surface area contributed by atoms with Crippen molar-refractivity contribution < 1.29 is 19.8 Å². The second kappa shape index (κ2) is 7.20. The third kappa shape index (κ3) is 3.87. The molecule has 104 valence electrons. The fourth-order valence-electron chi connectivity index (χ4n) is 2.47. The number of nitrogens with zero attached hydrogens (tertiary/aromatic N) is 1. The van der Waals surface area contributed by atoms with Crippen LogP contribution in [0.5, 0.6) is 0 Å². The van der Waals surface area contributed by atoms with Crippen LogP contribution in [0.4, 0.5) is 4.79 Å². The molecule has 1 saturated heterocycles. The molecule has 2 unspecified atom stereocenters. The number of amides is 2. The quantitative estimate of drug-likeness (QED) is 0.610. The Labute approximate surface area is 107 Å². The number of hydrogen-bond donors (Lipinski definition) is 3. The van der Waals surface area contributed by atoms with E-state index in [0.717, 1.165) is 12.8 Å². The maximum atomic E-state index is 11.9. The van der Waals surface area contributed by atoms with Gasteiger partial charge in [-0.3, -0.25) is 4.79 Å². The summed E-state index contributed by atoms with van der Waals surface area (Å²) < 4.78 is 0. The number of urea groups is 1. The van der Waals surface area contributed by atoms with Crippen molar-refractivity contribution in [3.63, 3.8) is 0 Å². The van der Waals surface area contributed by atoms with Gasteiger partial charge in [0.25, 0.3) is 0 Å². The minimum atomic E-state index is -0.850. The number of likely N-dealkylation sites (tertiary alicyclic amines) is 1. The number of hydrogen-bond acceptors (Lipinski definition) is 3. The van der Waals surface area contributed by atoms with E-state index in [4.69, 9.17) is 5.11 Å². The number of carboxylic acid groups (broad SMARTS) is 1. The van der Waals surface area contributed by atoms with Crippen molar-refractivity contribution in [3.05, 3.63) is 0 Å². The lowest BCUT2D eigenvalue weighted by atomic mass is 10.00. The van der Waals surface area contributed by atoms with Crippen molar-refractivity contribution in [1.29, 1.82) is 0 Å². The zero-order valence-corrected chi connectivity index (χ0v) is 10.8. The lowest BCUT2D eigenvalue weighted by Gasteiger charge is -2.26. The Morgan fingerprint density at radius 3 is 2.72 bits per heavy atom. The zero-order valence-electron chi connectivity index (χ0n) is 10.8. The molecular formula is C12H22N2O4. The van der Waals surface area contributed by atoms with Gasteiger partial charge in [0.2, 0.25) is 0 Å². The lowest BCUT2D eigenvalue weighted by molar-refractivity contribution is -0.137. The highest BCUT2D eigenvalue weighted by molar-refractivity contribution is 5.75. The van der Waals surface area contributed by atoms with Crippen molar-refractivity contribution in [2.24, 2.45) is 5.92 Å². The summed E-state index contributed by atoms with van der Waals surface area (Å²) in [7, 11) is 0. The van der Waals surface area contributed by atoms with Gasteiger partial charge in [-0.1, -0.05) is 6.92 Å². The zero-order chi connectivity index (χ0) is 13.5. The Hall–Kier alpha value is -1.30. The summed E-state index contributed by atoms with van der Waals surface area (Å²) in [6.45, 7) is 3.15. The van der Waals surface area contributed by atoms with Crippen LogP contribution in [0, 0.1) is 5.92 Å². The molecule has 0 aromatic heterocycles. The Balaban J connectivity index is 2.35. The second-order valence-corrected chi connectivity index (χ2v) is 4.63. The van der Waals surface area contributed by atoms with E-state index in [9.17, 15) is 14.7 Å². The molecule has 1 rings (SSSR count). The first-order valence-corrected chi connectivity index (χ1v) is 6.47. The number of carboxylic acids is 1. The first-order chi connectivity index (χ1) is 8.60. The van der Waals surface area contributed by atoms with Gasteiger partial charge >= 0.3 is 12.0 Å². The van der Waals surface area contributed by atoms with E-state index < -0.39 is 5.97 Å². The van der Waals surface area contributed by atoms with Gasteiger partial charge in [-0.15, -0.1) is 0 Å². The molecule has 2 atom stereocenters. The van der Waals surface area contributed by atoms with Crippen LogP contribution in [-0.2, 0) is 4.79 Å². The lowest BCUT2D eigenvalue weighted by Crippen LogP contribution is -2.44. The number of carbonyl (C=O) groups excluding carboxylic acids is 1. The first kappa shape index (κ1) is 14.8. The molecule has 6 nitrogen and oxygen atoms in total. The predicted molar refractivity (Wildman–Crippen MR) is 66.2 cm³/mol. The van der Waals surface area contributed by atoms with Gasteiger partial charge in [-0.05, 0) is 19.3 Å². The summed E-state index contributed by atoms with van der Waals surface area (Å²) in [5.41, 5.74) is 0. The fraction of sp³-hybridized carbons (Fsp3) is 0.833. The number of aliphatic carboxylic acids is 1. The van der Waals surface area contributed by atoms with E-state index in [1.165, 1.54) is 0 Å². The molecule has 1 aliphatic heterocycles. The van der Waals surface area contributed by atoms with Gasteiger partial charge in [0.1, 0.15) is 0 Å². The Kier molecular flexibility index (Phi) is 5.91. The largest absolute Gasteiger partial charge is 0.481 e. The van der Waals surface area contributed by atoms with Gasteiger partial charge in [-0.25, -0.2) is 4.79 Å². The average molecular weight is 258 g/mol. The van der Waals surface area contributed by atoms with Crippen LogP contribution in [0.1, 0.15) is 32.6 Å². The second-order valence-electron chi connectivity index (χ2n) is 4.63. The number of rotatable bonds is 6. The minimum absolute atomic E-state index is 0.0662. The van der Waals surface area contributed by atoms with Crippen LogP contribution in [0.25, 0.3) is 0 Å². The van der Waals surface area contributed by atoms with E-state index in [1.54, 1.807) is 4.90 Å². The molecule has 3 N–H and O–H groups in total. The number of aliphatic hydroxyl groups excluding tert-OH is 1. The molecule has 0 radical (unpaired) electrons. The van der Waals surface area contributed by atoms with Crippen LogP contribution in [0.15, 0.2) is 0 Å². The van der Waals surface area contributed by atoms with Crippen molar-refractivity contribution in [3.8, 4) is 0 Å². The van der Waals surface area contributed by atoms with Crippen molar-refractivity contribution in [2.75, 3.05) is 19.7 Å². The van der Waals surface area contributed by atoms with Gasteiger partial charge in [0, 0.05) is 38.1 Å². The number of aliphatic hydroxyl groups is 1. The molecule has 0 aromatic rings. The summed E-state index contributed by atoms with van der Waals surface area (Å²) in [6, 6.07) is -0.0577. The molecule has 6 heteroatoms. The van der Waals surface area contributed by atoms with Crippen LogP contribution < -0.4 is 5.32 Å². The van der Waals surface area contributed by atoms with Gasteiger partial charge < -0.3 is 20.4 Å². The van der Waals surface area contributed by atoms with Crippen molar-refractivity contribution >= 4 is 12.0 Å². The number of carbonyl (C=O) groups is 2. The third-order valence-electron chi connectivity index (χ3n) is 3.44. The Bertz CT molecular complexity index is 296. The Morgan fingerprint density at radius 2 is 2.17 bits per heavy atom. The van der Waals surface area contributed by atoms with E-state index in [-0.39, 0.29) is 31.0 Å². The molecule has 0 aromatic carbocycles. The molecule has 1 fully saturated rings. The van der Waals surface area contributed by atoms with Gasteiger partial charge in [-0.2, -0.15) is 0 Å². The highest BCUT2D eigenvalue weighted by atomic mass is 16.4. The summed E-state index contributed by atoms with van der Waals surface area (Å²) >= 11 is 0. The summed E-state index contributed by atoms with van der Waals surface area (Å²) in [5.74, 6) is -0.683. The van der Waals surface area contributed by atoms with Crippen molar-refractivity contribution in [2.45, 2.75) is 38.6 Å². The standard InChI is InChI=1S/C12H22N2O4/c1-2-10-9(8-15)5-7-14(10)12(18)13-6-3-4-11(16)17/h9-10,15H,2-8H2,1H3,(H,13,18)(H,16,17). The molecule has 0 saturated carbocycles. The minimum Gasteiger partial charge on any atom is -0.481 e. The third-order valence-corrected chi connectivity index (χ3v) is 3.44. The van der Waals surface area contributed by atoms with E-state index in [2.05, 4.69) is 5.32 Å². The molecule has 1 aliphatic rings. The molecule has 0 spiro atoms. The molecular weight excluding hydrogens is 236 g/mol. The Morgan fingerprint density at radius 1 is 1.44 bits per heavy atom. The molecule has 0 aliphatic carbocycles. The molecule has 18 heavy (non-hydrogen) atoms. The normalized spacial score (nSPS) is 23.1. The summed E-state index contributed by atoms with van der Waals surface area (Å²) in [5, 5.41) is 20.4. The van der Waals surface area contributed by atoms with Crippen LogP contribution in [0.3, 0.4) is 0 Å². The van der Waals surface area contributed by atoms with Crippen molar-refractivity contribution in [1.82, 2.24) is 10.2 Å². The van der Waals surface area contributed by atoms with E-state index in [0.29, 0.717) is 19.5 Å². The fourth-order valence-corrected chi connectivity index (χ4v) is 2.47. The highest BCUT2D eigenvalue weighted by Gasteiger charge is 2.34.